The maximum Gasteiger partial charge on any atom is 0.315 e. The maximum absolute atomic E-state index is 10.6. The zero-order chi connectivity index (χ0) is 9.19. The molecule has 0 aliphatic rings. The molecule has 1 rings (SSSR count). The monoisotopic (exact) mass is 189 g/mol. The van der Waals surface area contributed by atoms with Crippen LogP contribution >= 0.6 is 0 Å². The summed E-state index contributed by atoms with van der Waals surface area (Å²) in [7, 11) is -2.98. The molecule has 1 heterocycles. The minimum absolute atomic E-state index is 0.0278. The van der Waals surface area contributed by atoms with Crippen molar-refractivity contribution in [3.05, 3.63) is 18.3 Å². The van der Waals surface area contributed by atoms with Crippen LogP contribution in [-0.2, 0) is 10.1 Å². The first-order valence-corrected chi connectivity index (χ1v) is 4.46. The molecule has 0 bridgehead atoms. The molecule has 0 saturated carbocycles. The second-order valence-electron chi connectivity index (χ2n) is 1.99. The SMILES string of the molecule is COc1cccnc1S(=O)(=O)O. The molecule has 5 nitrogen and oxygen atoms in total. The van der Waals surface area contributed by atoms with Crippen LogP contribution in [0.25, 0.3) is 0 Å². The smallest absolute Gasteiger partial charge is 0.315 e. The van der Waals surface area contributed by atoms with Gasteiger partial charge in [0.1, 0.15) is 0 Å². The lowest BCUT2D eigenvalue weighted by Gasteiger charge is -2.02. The van der Waals surface area contributed by atoms with Gasteiger partial charge in [-0.05, 0) is 12.1 Å². The largest absolute Gasteiger partial charge is 0.494 e. The van der Waals surface area contributed by atoms with Crippen LogP contribution in [0.2, 0.25) is 0 Å². The van der Waals surface area contributed by atoms with E-state index in [1.807, 2.05) is 0 Å². The minimum atomic E-state index is -4.28. The fourth-order valence-electron chi connectivity index (χ4n) is 0.725. The average molecular weight is 189 g/mol. The van der Waals surface area contributed by atoms with Crippen LogP contribution < -0.4 is 4.74 Å². The first kappa shape index (κ1) is 8.95. The molecule has 0 aliphatic heterocycles. The predicted molar refractivity (Wildman–Crippen MR) is 40.6 cm³/mol. The van der Waals surface area contributed by atoms with Gasteiger partial charge in [0.25, 0.3) is 0 Å². The summed E-state index contributed by atoms with van der Waals surface area (Å²) in [5, 5.41) is -0.465. The van der Waals surface area contributed by atoms with Crippen molar-refractivity contribution in [2.24, 2.45) is 0 Å². The molecule has 0 unspecified atom stereocenters. The highest BCUT2D eigenvalue weighted by molar-refractivity contribution is 7.85. The standard InChI is InChI=1S/C6H7NO4S/c1-11-5-3-2-4-7-6(5)12(8,9)10/h2-4H,1H3,(H,8,9,10). The number of rotatable bonds is 2. The molecule has 0 amide bonds. The van der Waals surface area contributed by atoms with Gasteiger partial charge in [0.15, 0.2) is 5.75 Å². The van der Waals surface area contributed by atoms with Crippen LogP contribution in [0.1, 0.15) is 0 Å². The van der Waals surface area contributed by atoms with Crippen molar-refractivity contribution in [2.75, 3.05) is 7.11 Å². The number of methoxy groups -OCH3 is 1. The molecule has 1 N–H and O–H groups in total. The van der Waals surface area contributed by atoms with Crippen LogP contribution in [-0.4, -0.2) is 25.1 Å². The molecular weight excluding hydrogens is 182 g/mol. The van der Waals surface area contributed by atoms with E-state index in [1.54, 1.807) is 0 Å². The summed E-state index contributed by atoms with van der Waals surface area (Å²) in [6.07, 6.45) is 1.26. The average Bonchev–Trinajstić information content (AvgIpc) is 2.03. The third-order valence-corrected chi connectivity index (χ3v) is 2.00. The fourth-order valence-corrected chi connectivity index (χ4v) is 1.32. The molecule has 0 fully saturated rings. The first-order valence-electron chi connectivity index (χ1n) is 3.02. The Hall–Kier alpha value is -1.14. The van der Waals surface area contributed by atoms with Gasteiger partial charge in [-0.2, -0.15) is 8.42 Å². The lowest BCUT2D eigenvalue weighted by Crippen LogP contribution is -2.03. The zero-order valence-electron chi connectivity index (χ0n) is 6.26. The summed E-state index contributed by atoms with van der Waals surface area (Å²) in [4.78, 5) is 3.46. The van der Waals surface area contributed by atoms with Crippen LogP contribution in [0.3, 0.4) is 0 Å². The highest BCUT2D eigenvalue weighted by atomic mass is 32.2. The van der Waals surface area contributed by atoms with E-state index in [4.69, 9.17) is 4.55 Å². The van der Waals surface area contributed by atoms with E-state index in [1.165, 1.54) is 25.4 Å². The van der Waals surface area contributed by atoms with E-state index in [0.717, 1.165) is 0 Å². The summed E-state index contributed by atoms with van der Waals surface area (Å²) < 4.78 is 34.6. The maximum atomic E-state index is 10.6. The Kier molecular flexibility index (Phi) is 2.30. The zero-order valence-corrected chi connectivity index (χ0v) is 7.08. The second kappa shape index (κ2) is 3.08. The van der Waals surface area contributed by atoms with E-state index in [9.17, 15) is 8.42 Å². The topological polar surface area (TPSA) is 76.5 Å². The summed E-state index contributed by atoms with van der Waals surface area (Å²) in [6.45, 7) is 0. The molecule has 0 aromatic carbocycles. The normalized spacial score (nSPS) is 11.2. The van der Waals surface area contributed by atoms with Gasteiger partial charge in [0.2, 0.25) is 5.03 Å². The lowest BCUT2D eigenvalue weighted by molar-refractivity contribution is 0.392. The minimum Gasteiger partial charge on any atom is -0.494 e. The fraction of sp³-hybridized carbons (Fsp3) is 0.167. The van der Waals surface area contributed by atoms with Crippen molar-refractivity contribution in [3.63, 3.8) is 0 Å². The summed E-state index contributed by atoms with van der Waals surface area (Å²) in [5.74, 6) is 0.0278. The van der Waals surface area contributed by atoms with E-state index in [0.29, 0.717) is 0 Å². The number of pyridine rings is 1. The van der Waals surface area contributed by atoms with E-state index in [-0.39, 0.29) is 5.75 Å². The molecular formula is C6H7NO4S. The van der Waals surface area contributed by atoms with Gasteiger partial charge in [-0.1, -0.05) is 0 Å². The predicted octanol–water partition coefficient (Wildman–Crippen LogP) is 0.337. The summed E-state index contributed by atoms with van der Waals surface area (Å²) in [5.41, 5.74) is 0. The van der Waals surface area contributed by atoms with Gasteiger partial charge in [0.05, 0.1) is 7.11 Å². The Morgan fingerprint density at radius 3 is 2.67 bits per heavy atom. The van der Waals surface area contributed by atoms with Crippen molar-refractivity contribution in [1.29, 1.82) is 0 Å². The third-order valence-electron chi connectivity index (χ3n) is 1.20. The molecule has 6 heteroatoms. The van der Waals surface area contributed by atoms with Crippen LogP contribution in [0.5, 0.6) is 5.75 Å². The van der Waals surface area contributed by atoms with Crippen molar-refractivity contribution < 1.29 is 17.7 Å². The van der Waals surface area contributed by atoms with Gasteiger partial charge >= 0.3 is 10.1 Å². The highest BCUT2D eigenvalue weighted by Crippen LogP contribution is 2.18. The van der Waals surface area contributed by atoms with Gasteiger partial charge in [-0.3, -0.25) is 4.55 Å². The summed E-state index contributed by atoms with van der Waals surface area (Å²) in [6, 6.07) is 2.91. The number of hydrogen-bond donors (Lipinski definition) is 1. The molecule has 0 saturated heterocycles. The van der Waals surface area contributed by atoms with Crippen molar-refractivity contribution in [3.8, 4) is 5.75 Å². The Morgan fingerprint density at radius 2 is 2.25 bits per heavy atom. The second-order valence-corrected chi connectivity index (χ2v) is 3.32. The molecule has 12 heavy (non-hydrogen) atoms. The quantitative estimate of drug-likeness (QED) is 0.679. The van der Waals surface area contributed by atoms with E-state index < -0.39 is 15.1 Å². The Morgan fingerprint density at radius 1 is 1.58 bits per heavy atom. The van der Waals surface area contributed by atoms with Crippen LogP contribution in [0.15, 0.2) is 23.4 Å². The number of hydrogen-bond acceptors (Lipinski definition) is 4. The third kappa shape index (κ3) is 1.72. The van der Waals surface area contributed by atoms with Gasteiger partial charge in [0, 0.05) is 6.20 Å². The van der Waals surface area contributed by atoms with Gasteiger partial charge in [-0.25, -0.2) is 4.98 Å². The van der Waals surface area contributed by atoms with Gasteiger partial charge in [-0.15, -0.1) is 0 Å². The highest BCUT2D eigenvalue weighted by Gasteiger charge is 2.16. The molecule has 1 aromatic heterocycles. The van der Waals surface area contributed by atoms with E-state index >= 15 is 0 Å². The summed E-state index contributed by atoms with van der Waals surface area (Å²) >= 11 is 0. The Labute approximate surface area is 69.8 Å². The molecule has 0 radical (unpaired) electrons. The molecule has 66 valence electrons. The van der Waals surface area contributed by atoms with Crippen molar-refractivity contribution in [1.82, 2.24) is 4.98 Å². The van der Waals surface area contributed by atoms with Crippen molar-refractivity contribution >= 4 is 10.1 Å². The van der Waals surface area contributed by atoms with E-state index in [2.05, 4.69) is 9.72 Å². The number of ether oxygens (including phenoxy) is 1. The van der Waals surface area contributed by atoms with Gasteiger partial charge < -0.3 is 4.74 Å². The molecule has 0 atom stereocenters. The first-order chi connectivity index (χ1) is 5.55. The van der Waals surface area contributed by atoms with Crippen molar-refractivity contribution in [2.45, 2.75) is 5.03 Å². The van der Waals surface area contributed by atoms with Crippen LogP contribution in [0.4, 0.5) is 0 Å². The molecule has 0 spiro atoms. The Balaban J connectivity index is 3.33. The number of nitrogens with zero attached hydrogens (tertiary/aromatic N) is 1. The molecule has 1 aromatic rings. The number of aromatic nitrogens is 1. The molecule has 0 aliphatic carbocycles. The van der Waals surface area contributed by atoms with Crippen LogP contribution in [0, 0.1) is 0 Å². The Bertz CT molecular complexity index is 373. The lowest BCUT2D eigenvalue weighted by atomic mass is 10.5.